The van der Waals surface area contributed by atoms with Crippen molar-refractivity contribution in [2.75, 3.05) is 13.1 Å². The average molecular weight is 240 g/mol. The fraction of sp³-hybridized carbons (Fsp3) is 0.333. The zero-order valence-electron chi connectivity index (χ0n) is 10.7. The monoisotopic (exact) mass is 240 g/mol. The molecule has 1 aliphatic carbocycles. The number of hydrogen-bond donors (Lipinski definition) is 0. The highest BCUT2D eigenvalue weighted by Crippen LogP contribution is 2.47. The zero-order chi connectivity index (χ0) is 13.2. The fourth-order valence-electron chi connectivity index (χ4n) is 2.16. The van der Waals surface area contributed by atoms with Crippen molar-refractivity contribution in [3.8, 4) is 0 Å². The molecule has 0 radical (unpaired) electrons. The topological polar surface area (TPSA) is 24.7 Å². The van der Waals surface area contributed by atoms with E-state index in [9.17, 15) is 4.79 Å². The van der Waals surface area contributed by atoms with Gasteiger partial charge in [-0.05, 0) is 19.4 Å². The highest BCUT2D eigenvalue weighted by atomic mass is 16.2. The van der Waals surface area contributed by atoms with E-state index < -0.39 is 5.54 Å². The van der Waals surface area contributed by atoms with E-state index >= 15 is 0 Å². The van der Waals surface area contributed by atoms with Crippen LogP contribution >= 0.6 is 0 Å². The van der Waals surface area contributed by atoms with Crippen molar-refractivity contribution in [3.05, 3.63) is 53.4 Å². The van der Waals surface area contributed by atoms with Gasteiger partial charge in [0, 0.05) is 19.2 Å². The Morgan fingerprint density at radius 1 is 1.28 bits per heavy atom. The normalized spacial score (nSPS) is 20.8. The van der Waals surface area contributed by atoms with Crippen molar-refractivity contribution < 1.29 is 4.79 Å². The third-order valence-corrected chi connectivity index (χ3v) is 3.32. The number of carbonyl (C=O) groups is 1. The lowest BCUT2D eigenvalue weighted by atomic mass is 10.0. The summed E-state index contributed by atoms with van der Waals surface area (Å²) in [5, 5.41) is 0. The summed E-state index contributed by atoms with van der Waals surface area (Å²) in [6, 6.07) is 9.65. The van der Waals surface area contributed by atoms with Gasteiger partial charge < -0.3 is 4.90 Å². The van der Waals surface area contributed by atoms with Gasteiger partial charge in [0.05, 0.1) is 5.57 Å². The van der Waals surface area contributed by atoms with Gasteiger partial charge in [0.15, 0.2) is 0 Å². The van der Waals surface area contributed by atoms with E-state index in [2.05, 4.69) is 4.85 Å². The number of hydrogen-bond acceptors (Lipinski definition) is 1. The number of rotatable bonds is 4. The Morgan fingerprint density at radius 3 is 2.39 bits per heavy atom. The SMILES string of the molecule is [C-]#[N+][C@@]1(C(=O)N(CC)CC)C=C1c1ccccc1. The molecular formula is C15H16N2O. The van der Waals surface area contributed by atoms with Crippen LogP contribution in [0.4, 0.5) is 0 Å². The van der Waals surface area contributed by atoms with Crippen molar-refractivity contribution in [1.29, 1.82) is 0 Å². The van der Waals surface area contributed by atoms with Crippen LogP contribution in [0.3, 0.4) is 0 Å². The quantitative estimate of drug-likeness (QED) is 0.742. The first-order chi connectivity index (χ1) is 8.69. The van der Waals surface area contributed by atoms with Crippen molar-refractivity contribution in [2.45, 2.75) is 19.4 Å². The highest BCUT2D eigenvalue weighted by Gasteiger charge is 2.61. The Balaban J connectivity index is 2.24. The summed E-state index contributed by atoms with van der Waals surface area (Å²) < 4.78 is 0. The lowest BCUT2D eigenvalue weighted by molar-refractivity contribution is -0.131. The third kappa shape index (κ3) is 1.80. The average Bonchev–Trinajstić information content (AvgIpc) is 3.17. The van der Waals surface area contributed by atoms with Gasteiger partial charge in [-0.25, -0.2) is 6.57 Å². The predicted molar refractivity (Wildman–Crippen MR) is 71.7 cm³/mol. The third-order valence-electron chi connectivity index (χ3n) is 3.32. The Kier molecular flexibility index (Phi) is 3.20. The van der Waals surface area contributed by atoms with Gasteiger partial charge in [-0.1, -0.05) is 30.3 Å². The first kappa shape index (κ1) is 12.4. The molecular weight excluding hydrogens is 224 g/mol. The standard InChI is InChI=1S/C15H16N2O/c1-4-17(5-2)14(18)15(16-3)11-13(15)12-9-7-6-8-10-12/h6-11H,4-5H2,1-2H3/t15-/m0/s1. The van der Waals surface area contributed by atoms with E-state index in [-0.39, 0.29) is 5.91 Å². The largest absolute Gasteiger partial charge is 0.353 e. The molecule has 1 amide bonds. The van der Waals surface area contributed by atoms with E-state index in [0.29, 0.717) is 13.1 Å². The van der Waals surface area contributed by atoms with Crippen LogP contribution in [0.2, 0.25) is 0 Å². The minimum absolute atomic E-state index is 0.0960. The highest BCUT2D eigenvalue weighted by molar-refractivity contribution is 6.15. The summed E-state index contributed by atoms with van der Waals surface area (Å²) in [5.41, 5.74) is 0.775. The van der Waals surface area contributed by atoms with Gasteiger partial charge >= 0.3 is 11.4 Å². The maximum atomic E-state index is 12.4. The molecule has 0 fully saturated rings. The van der Waals surface area contributed by atoms with Crippen LogP contribution in [0.1, 0.15) is 19.4 Å². The van der Waals surface area contributed by atoms with E-state index in [4.69, 9.17) is 6.57 Å². The fourth-order valence-corrected chi connectivity index (χ4v) is 2.16. The van der Waals surface area contributed by atoms with E-state index in [1.54, 1.807) is 11.0 Å². The van der Waals surface area contributed by atoms with Gasteiger partial charge in [-0.3, -0.25) is 9.64 Å². The molecule has 0 heterocycles. The number of nitrogens with zero attached hydrogens (tertiary/aromatic N) is 2. The molecule has 18 heavy (non-hydrogen) atoms. The first-order valence-corrected chi connectivity index (χ1v) is 6.16. The molecule has 3 heteroatoms. The summed E-state index contributed by atoms with van der Waals surface area (Å²) in [6.07, 6.45) is 1.77. The second-order valence-corrected chi connectivity index (χ2v) is 4.28. The number of benzene rings is 1. The van der Waals surface area contributed by atoms with Crippen molar-refractivity contribution in [1.82, 2.24) is 4.90 Å². The molecule has 1 aromatic carbocycles. The minimum Gasteiger partial charge on any atom is -0.336 e. The second kappa shape index (κ2) is 4.66. The predicted octanol–water partition coefficient (Wildman–Crippen LogP) is 2.61. The van der Waals surface area contributed by atoms with Crippen molar-refractivity contribution in [3.63, 3.8) is 0 Å². The van der Waals surface area contributed by atoms with E-state index in [1.165, 1.54) is 0 Å². The maximum absolute atomic E-state index is 12.4. The lowest BCUT2D eigenvalue weighted by Gasteiger charge is -2.19. The van der Waals surface area contributed by atoms with Crippen LogP contribution < -0.4 is 0 Å². The van der Waals surface area contributed by atoms with Crippen LogP contribution in [0.5, 0.6) is 0 Å². The number of carbonyl (C=O) groups excluding carboxylic acids is 1. The van der Waals surface area contributed by atoms with Gasteiger partial charge in [0.1, 0.15) is 0 Å². The summed E-state index contributed by atoms with van der Waals surface area (Å²) in [5.74, 6) is -0.0960. The molecule has 0 N–H and O–H groups in total. The molecule has 0 aromatic heterocycles. The summed E-state index contributed by atoms with van der Waals surface area (Å²) in [4.78, 5) is 17.6. The van der Waals surface area contributed by atoms with Crippen LogP contribution in [0, 0.1) is 6.57 Å². The minimum atomic E-state index is -1.03. The number of likely N-dealkylation sites (N-methyl/N-ethyl adjacent to an activating group) is 1. The maximum Gasteiger partial charge on any atom is 0.353 e. The molecule has 0 unspecified atom stereocenters. The first-order valence-electron chi connectivity index (χ1n) is 6.16. The second-order valence-electron chi connectivity index (χ2n) is 4.28. The molecule has 92 valence electrons. The summed E-state index contributed by atoms with van der Waals surface area (Å²) in [6.45, 7) is 12.5. The van der Waals surface area contributed by atoms with E-state index in [0.717, 1.165) is 11.1 Å². The smallest absolute Gasteiger partial charge is 0.336 e. The van der Waals surface area contributed by atoms with Crippen molar-refractivity contribution >= 4 is 11.5 Å². The molecule has 0 bridgehead atoms. The molecule has 1 atom stereocenters. The van der Waals surface area contributed by atoms with Crippen LogP contribution in [0.15, 0.2) is 36.4 Å². The number of amides is 1. The molecule has 0 aliphatic heterocycles. The van der Waals surface area contributed by atoms with Gasteiger partial charge in [-0.2, -0.15) is 0 Å². The Labute approximate surface area is 108 Å². The molecule has 0 spiro atoms. The molecule has 3 nitrogen and oxygen atoms in total. The van der Waals surface area contributed by atoms with Gasteiger partial charge in [0.2, 0.25) is 0 Å². The summed E-state index contributed by atoms with van der Waals surface area (Å²) >= 11 is 0. The molecule has 1 aliphatic rings. The van der Waals surface area contributed by atoms with Crippen LogP contribution in [-0.4, -0.2) is 29.4 Å². The van der Waals surface area contributed by atoms with Crippen LogP contribution in [-0.2, 0) is 4.79 Å². The lowest BCUT2D eigenvalue weighted by Crippen LogP contribution is -2.40. The van der Waals surface area contributed by atoms with Gasteiger partial charge in [-0.15, -0.1) is 0 Å². The molecule has 0 saturated heterocycles. The summed E-state index contributed by atoms with van der Waals surface area (Å²) in [7, 11) is 0. The zero-order valence-corrected chi connectivity index (χ0v) is 10.7. The molecule has 2 rings (SSSR count). The van der Waals surface area contributed by atoms with Gasteiger partial charge in [0.25, 0.3) is 0 Å². The Morgan fingerprint density at radius 2 is 1.89 bits per heavy atom. The Bertz CT molecular complexity index is 523. The van der Waals surface area contributed by atoms with E-state index in [1.807, 2.05) is 44.2 Å². The molecule has 0 saturated carbocycles. The Hall–Kier alpha value is -2.08. The van der Waals surface area contributed by atoms with Crippen molar-refractivity contribution in [2.24, 2.45) is 0 Å². The van der Waals surface area contributed by atoms with Crippen LogP contribution in [0.25, 0.3) is 10.4 Å². The molecule has 1 aromatic rings.